The molecule has 3 N–H and O–H groups in total. The summed E-state index contributed by atoms with van der Waals surface area (Å²) in [5, 5.41) is 5.99. The van der Waals surface area contributed by atoms with Crippen molar-refractivity contribution in [3.05, 3.63) is 74.7 Å². The Bertz CT molecular complexity index is 1170. The van der Waals surface area contributed by atoms with E-state index in [9.17, 15) is 18.4 Å². The molecule has 0 atom stereocenters. The Hall–Kier alpha value is -3.00. The summed E-state index contributed by atoms with van der Waals surface area (Å²) in [7, 11) is 0. The number of aromatic nitrogens is 1. The standard InChI is InChI=1S/C29H38F2N4O2/c1-3-35(22-14-12-21(13-15-22)32-18-27(30)31)26-11-7-10-24-23(26)9-6-4-5-8-20-16-19(2)34-29(37)25(20)17-33-28(24)36/h4,6-7,10-11,16,21-22,27,32H,3,5,8-9,12-15,17-18H2,1-2H3,(H,33,36)(H,34,37)/b6-4-. The van der Waals surface area contributed by atoms with Crippen LogP contribution in [-0.4, -0.2) is 42.5 Å². The number of allylic oxidation sites excluding steroid dienone is 2. The fraction of sp³-hybridized carbons (Fsp3) is 0.517. The summed E-state index contributed by atoms with van der Waals surface area (Å²) in [5.41, 5.74) is 4.90. The topological polar surface area (TPSA) is 77.2 Å². The number of rotatable bonds is 6. The van der Waals surface area contributed by atoms with Crippen LogP contribution >= 0.6 is 0 Å². The molecule has 2 heterocycles. The Labute approximate surface area is 217 Å². The zero-order chi connectivity index (χ0) is 26.4. The van der Waals surface area contributed by atoms with Gasteiger partial charge in [0.15, 0.2) is 0 Å². The van der Waals surface area contributed by atoms with Crippen molar-refractivity contribution in [3.63, 3.8) is 0 Å². The van der Waals surface area contributed by atoms with E-state index in [1.165, 1.54) is 0 Å². The number of carbonyl (C=O) groups is 1. The highest BCUT2D eigenvalue weighted by molar-refractivity contribution is 5.97. The van der Waals surface area contributed by atoms with E-state index in [1.54, 1.807) is 0 Å². The van der Waals surface area contributed by atoms with E-state index in [4.69, 9.17) is 0 Å². The lowest BCUT2D eigenvalue weighted by Gasteiger charge is -2.39. The van der Waals surface area contributed by atoms with Gasteiger partial charge in [-0.15, -0.1) is 0 Å². The maximum atomic E-state index is 13.4. The van der Waals surface area contributed by atoms with Gasteiger partial charge in [-0.25, -0.2) is 8.78 Å². The van der Waals surface area contributed by atoms with Crippen LogP contribution in [0.5, 0.6) is 0 Å². The van der Waals surface area contributed by atoms with Crippen molar-refractivity contribution in [2.45, 2.75) is 83.8 Å². The van der Waals surface area contributed by atoms with Crippen LogP contribution in [0.1, 0.15) is 71.8 Å². The third-order valence-electron chi connectivity index (χ3n) is 7.60. The Kier molecular flexibility index (Phi) is 9.14. The van der Waals surface area contributed by atoms with Crippen LogP contribution < -0.4 is 21.1 Å². The van der Waals surface area contributed by atoms with Crippen LogP contribution in [0, 0.1) is 6.92 Å². The molecular formula is C29H38F2N4O2. The van der Waals surface area contributed by atoms with Crippen molar-refractivity contribution in [1.82, 2.24) is 15.6 Å². The van der Waals surface area contributed by atoms with Crippen LogP contribution in [0.15, 0.2) is 41.2 Å². The monoisotopic (exact) mass is 512 g/mol. The van der Waals surface area contributed by atoms with Crippen molar-refractivity contribution < 1.29 is 13.6 Å². The average Bonchev–Trinajstić information content (AvgIpc) is 2.87. The fourth-order valence-corrected chi connectivity index (χ4v) is 5.77. The van der Waals surface area contributed by atoms with E-state index in [1.807, 2.05) is 25.1 Å². The first kappa shape index (κ1) is 27.0. The number of nitrogens with one attached hydrogen (secondary N) is 3. The highest BCUT2D eigenvalue weighted by Crippen LogP contribution is 2.32. The largest absolute Gasteiger partial charge is 0.369 e. The lowest BCUT2D eigenvalue weighted by molar-refractivity contribution is 0.0949. The van der Waals surface area contributed by atoms with E-state index in [0.717, 1.165) is 67.6 Å². The molecule has 2 aliphatic rings. The molecule has 1 fully saturated rings. The second-order valence-corrected chi connectivity index (χ2v) is 10.1. The van der Waals surface area contributed by atoms with Gasteiger partial charge in [0.1, 0.15) is 0 Å². The van der Waals surface area contributed by atoms with Gasteiger partial charge in [0.05, 0.1) is 6.54 Å². The van der Waals surface area contributed by atoms with Gasteiger partial charge in [0.2, 0.25) is 0 Å². The molecule has 0 bridgehead atoms. The third-order valence-corrected chi connectivity index (χ3v) is 7.60. The van der Waals surface area contributed by atoms with Gasteiger partial charge in [-0.05, 0) is 88.1 Å². The van der Waals surface area contributed by atoms with Gasteiger partial charge in [-0.3, -0.25) is 9.59 Å². The summed E-state index contributed by atoms with van der Waals surface area (Å²) in [6.07, 6.45) is 7.67. The molecule has 200 valence electrons. The summed E-state index contributed by atoms with van der Waals surface area (Å²) < 4.78 is 25.2. The lowest BCUT2D eigenvalue weighted by atomic mass is 9.89. The quantitative estimate of drug-likeness (QED) is 0.493. The molecule has 1 aromatic heterocycles. The van der Waals surface area contributed by atoms with Crippen LogP contribution in [0.3, 0.4) is 0 Å². The van der Waals surface area contributed by atoms with Crippen LogP contribution in [-0.2, 0) is 19.4 Å². The van der Waals surface area contributed by atoms with Crippen molar-refractivity contribution in [3.8, 4) is 0 Å². The molecule has 0 unspecified atom stereocenters. The lowest BCUT2D eigenvalue weighted by Crippen LogP contribution is -2.44. The summed E-state index contributed by atoms with van der Waals surface area (Å²) >= 11 is 0. The average molecular weight is 513 g/mol. The van der Waals surface area contributed by atoms with Gasteiger partial charge < -0.3 is 20.5 Å². The molecule has 0 saturated heterocycles. The predicted molar refractivity (Wildman–Crippen MR) is 144 cm³/mol. The van der Waals surface area contributed by atoms with E-state index in [2.05, 4.69) is 45.7 Å². The Balaban J connectivity index is 1.58. The van der Waals surface area contributed by atoms with Gasteiger partial charge >= 0.3 is 0 Å². The van der Waals surface area contributed by atoms with Crippen LogP contribution in [0.25, 0.3) is 0 Å². The van der Waals surface area contributed by atoms with Crippen LogP contribution in [0.2, 0.25) is 0 Å². The second kappa shape index (κ2) is 12.5. The fourth-order valence-electron chi connectivity index (χ4n) is 5.77. The molecule has 0 radical (unpaired) electrons. The number of amides is 1. The molecule has 1 aliphatic carbocycles. The van der Waals surface area contributed by atoms with E-state index in [0.29, 0.717) is 23.6 Å². The van der Waals surface area contributed by atoms with E-state index < -0.39 is 6.43 Å². The van der Waals surface area contributed by atoms with E-state index >= 15 is 0 Å². The van der Waals surface area contributed by atoms with E-state index in [-0.39, 0.29) is 30.6 Å². The molecule has 0 spiro atoms. The smallest absolute Gasteiger partial charge is 0.253 e. The first-order chi connectivity index (χ1) is 17.9. The number of hydrogen-bond donors (Lipinski definition) is 3. The summed E-state index contributed by atoms with van der Waals surface area (Å²) in [6, 6.07) is 8.27. The number of H-pyrrole nitrogens is 1. The maximum Gasteiger partial charge on any atom is 0.253 e. The van der Waals surface area contributed by atoms with Crippen LogP contribution in [0.4, 0.5) is 14.5 Å². The zero-order valence-electron chi connectivity index (χ0n) is 21.8. The minimum atomic E-state index is -2.33. The Morgan fingerprint density at radius 1 is 1.11 bits per heavy atom. The number of carbonyl (C=O) groups excluding carboxylic acids is 1. The van der Waals surface area contributed by atoms with Gasteiger partial charge in [-0.2, -0.15) is 0 Å². The minimum absolute atomic E-state index is 0.129. The number of fused-ring (bicyclic) bond motifs is 2. The predicted octanol–water partition coefficient (Wildman–Crippen LogP) is 4.65. The van der Waals surface area contributed by atoms with Gasteiger partial charge in [0, 0.05) is 47.7 Å². The number of aryl methyl sites for hydroxylation is 2. The number of hydrogen-bond acceptors (Lipinski definition) is 4. The molecule has 37 heavy (non-hydrogen) atoms. The molecule has 1 aliphatic heterocycles. The van der Waals surface area contributed by atoms with Crippen molar-refractivity contribution in [2.24, 2.45) is 0 Å². The maximum absolute atomic E-state index is 13.4. The van der Waals surface area contributed by atoms with Crippen molar-refractivity contribution in [1.29, 1.82) is 0 Å². The zero-order valence-corrected chi connectivity index (χ0v) is 21.8. The SMILES string of the molecule is CCN(c1cccc2c1C/C=C\CCc1cc(C)[nH]c(=O)c1CNC2=O)C1CCC(NCC(F)F)CC1. The number of anilines is 1. The number of benzene rings is 1. The summed E-state index contributed by atoms with van der Waals surface area (Å²) in [4.78, 5) is 31.2. The highest BCUT2D eigenvalue weighted by Gasteiger charge is 2.28. The van der Waals surface area contributed by atoms with Gasteiger partial charge in [-0.1, -0.05) is 18.2 Å². The van der Waals surface area contributed by atoms with Crippen molar-refractivity contribution >= 4 is 11.6 Å². The summed E-state index contributed by atoms with van der Waals surface area (Å²) in [5.74, 6) is -0.187. The minimum Gasteiger partial charge on any atom is -0.369 e. The number of halogens is 2. The Morgan fingerprint density at radius 3 is 2.62 bits per heavy atom. The number of nitrogens with zero attached hydrogens (tertiary/aromatic N) is 1. The second-order valence-electron chi connectivity index (χ2n) is 10.1. The van der Waals surface area contributed by atoms with Crippen molar-refractivity contribution in [2.75, 3.05) is 18.0 Å². The number of aromatic amines is 1. The highest BCUT2D eigenvalue weighted by atomic mass is 19.3. The molecule has 8 heteroatoms. The molecule has 1 amide bonds. The molecule has 4 rings (SSSR count). The molecule has 1 aromatic carbocycles. The summed E-state index contributed by atoms with van der Waals surface area (Å²) in [6.45, 7) is 4.72. The first-order valence-corrected chi connectivity index (χ1v) is 13.4. The number of pyridine rings is 1. The third kappa shape index (κ3) is 6.66. The molecule has 1 saturated carbocycles. The molecular weight excluding hydrogens is 474 g/mol. The molecule has 2 aromatic rings. The first-order valence-electron chi connectivity index (χ1n) is 13.4. The van der Waals surface area contributed by atoms with Gasteiger partial charge in [0.25, 0.3) is 17.9 Å². The normalized spacial score (nSPS) is 21.3. The number of alkyl halides is 2. The molecule has 6 nitrogen and oxygen atoms in total. The Morgan fingerprint density at radius 2 is 1.89 bits per heavy atom.